The van der Waals surface area contributed by atoms with Crippen molar-refractivity contribution in [1.82, 2.24) is 4.90 Å². The zero-order chi connectivity index (χ0) is 13.7. The van der Waals surface area contributed by atoms with E-state index >= 15 is 0 Å². The molecule has 0 heterocycles. The monoisotopic (exact) mass is 249 g/mol. The molecular formula is C16H27NO. The van der Waals surface area contributed by atoms with Crippen LogP contribution in [0.2, 0.25) is 0 Å². The van der Waals surface area contributed by atoms with Gasteiger partial charge in [-0.05, 0) is 45.2 Å². The number of aliphatic hydroxyl groups is 1. The maximum Gasteiger partial charge on any atom is 0.0664 e. The lowest BCUT2D eigenvalue weighted by Gasteiger charge is -2.29. The van der Waals surface area contributed by atoms with Crippen molar-refractivity contribution in [3.8, 4) is 0 Å². The standard InChI is InChI=1S/C16H27NO/c1-6-16(18)11-17(12(2)3)10-15-9-13(4)7-8-14(15)5/h7-9,12,16,18H,6,10-11H2,1-5H3. The highest BCUT2D eigenvalue weighted by Crippen LogP contribution is 2.15. The van der Waals surface area contributed by atoms with E-state index in [2.05, 4.69) is 50.8 Å². The van der Waals surface area contributed by atoms with Crippen LogP contribution in [0.1, 0.15) is 43.9 Å². The molecule has 0 radical (unpaired) electrons. The van der Waals surface area contributed by atoms with E-state index in [0.717, 1.165) is 19.5 Å². The van der Waals surface area contributed by atoms with Crippen LogP contribution >= 0.6 is 0 Å². The highest BCUT2D eigenvalue weighted by atomic mass is 16.3. The van der Waals surface area contributed by atoms with Crippen molar-refractivity contribution in [2.45, 2.75) is 59.7 Å². The van der Waals surface area contributed by atoms with E-state index in [1.54, 1.807) is 0 Å². The van der Waals surface area contributed by atoms with Gasteiger partial charge in [0.25, 0.3) is 0 Å². The number of hydrogen-bond acceptors (Lipinski definition) is 2. The molecular weight excluding hydrogens is 222 g/mol. The van der Waals surface area contributed by atoms with E-state index in [1.165, 1.54) is 16.7 Å². The summed E-state index contributed by atoms with van der Waals surface area (Å²) in [5.41, 5.74) is 4.00. The molecule has 0 aliphatic carbocycles. The summed E-state index contributed by atoms with van der Waals surface area (Å²) in [5.74, 6) is 0. The van der Waals surface area contributed by atoms with E-state index < -0.39 is 0 Å². The fraction of sp³-hybridized carbons (Fsp3) is 0.625. The molecule has 18 heavy (non-hydrogen) atoms. The number of benzene rings is 1. The van der Waals surface area contributed by atoms with E-state index in [0.29, 0.717) is 6.04 Å². The van der Waals surface area contributed by atoms with Crippen molar-refractivity contribution in [2.75, 3.05) is 6.54 Å². The Kier molecular flexibility index (Phi) is 5.83. The fourth-order valence-corrected chi connectivity index (χ4v) is 2.05. The van der Waals surface area contributed by atoms with Crippen molar-refractivity contribution < 1.29 is 5.11 Å². The molecule has 0 spiro atoms. The maximum atomic E-state index is 9.84. The SMILES string of the molecule is CCC(O)CN(Cc1cc(C)ccc1C)C(C)C. The van der Waals surface area contributed by atoms with Crippen LogP contribution in [-0.4, -0.2) is 28.7 Å². The number of rotatable bonds is 6. The summed E-state index contributed by atoms with van der Waals surface area (Å²) in [6.07, 6.45) is 0.591. The van der Waals surface area contributed by atoms with Crippen LogP contribution in [0.4, 0.5) is 0 Å². The Hall–Kier alpha value is -0.860. The second-order valence-electron chi connectivity index (χ2n) is 5.52. The van der Waals surface area contributed by atoms with Gasteiger partial charge in [-0.1, -0.05) is 30.7 Å². The number of hydrogen-bond donors (Lipinski definition) is 1. The van der Waals surface area contributed by atoms with Gasteiger partial charge in [0.1, 0.15) is 0 Å². The third-order valence-corrected chi connectivity index (χ3v) is 3.52. The Bertz CT molecular complexity index is 373. The first-order valence-electron chi connectivity index (χ1n) is 6.92. The normalized spacial score (nSPS) is 13.3. The average molecular weight is 249 g/mol. The highest BCUT2D eigenvalue weighted by molar-refractivity contribution is 5.30. The largest absolute Gasteiger partial charge is 0.392 e. The lowest BCUT2D eigenvalue weighted by molar-refractivity contribution is 0.0880. The van der Waals surface area contributed by atoms with Crippen molar-refractivity contribution in [2.24, 2.45) is 0 Å². The lowest BCUT2D eigenvalue weighted by atomic mass is 10.0. The lowest BCUT2D eigenvalue weighted by Crippen LogP contribution is -2.37. The van der Waals surface area contributed by atoms with E-state index in [1.807, 2.05) is 6.92 Å². The smallest absolute Gasteiger partial charge is 0.0664 e. The first-order valence-corrected chi connectivity index (χ1v) is 6.92. The van der Waals surface area contributed by atoms with Crippen molar-refractivity contribution in [3.05, 3.63) is 34.9 Å². The van der Waals surface area contributed by atoms with Crippen LogP contribution in [0.25, 0.3) is 0 Å². The van der Waals surface area contributed by atoms with Crippen LogP contribution in [0, 0.1) is 13.8 Å². The summed E-state index contributed by atoms with van der Waals surface area (Å²) in [6.45, 7) is 12.4. The predicted molar refractivity (Wildman–Crippen MR) is 77.8 cm³/mol. The summed E-state index contributed by atoms with van der Waals surface area (Å²) in [5, 5.41) is 9.84. The average Bonchev–Trinajstić information content (AvgIpc) is 2.32. The van der Waals surface area contributed by atoms with Crippen LogP contribution in [0.3, 0.4) is 0 Å². The molecule has 0 fully saturated rings. The summed E-state index contributed by atoms with van der Waals surface area (Å²) >= 11 is 0. The van der Waals surface area contributed by atoms with Gasteiger partial charge in [0.05, 0.1) is 6.10 Å². The second kappa shape index (κ2) is 6.91. The van der Waals surface area contributed by atoms with Crippen molar-refractivity contribution in [1.29, 1.82) is 0 Å². The van der Waals surface area contributed by atoms with Gasteiger partial charge in [-0.3, -0.25) is 4.90 Å². The summed E-state index contributed by atoms with van der Waals surface area (Å²) in [4.78, 5) is 2.34. The van der Waals surface area contributed by atoms with Crippen molar-refractivity contribution in [3.63, 3.8) is 0 Å². The number of aryl methyl sites for hydroxylation is 2. The quantitative estimate of drug-likeness (QED) is 0.836. The molecule has 0 saturated heterocycles. The molecule has 1 rings (SSSR count). The molecule has 1 atom stereocenters. The highest BCUT2D eigenvalue weighted by Gasteiger charge is 2.15. The first kappa shape index (κ1) is 15.2. The van der Waals surface area contributed by atoms with Gasteiger partial charge in [-0.2, -0.15) is 0 Å². The summed E-state index contributed by atoms with van der Waals surface area (Å²) in [7, 11) is 0. The van der Waals surface area contributed by atoms with Crippen LogP contribution < -0.4 is 0 Å². The summed E-state index contributed by atoms with van der Waals surface area (Å²) in [6, 6.07) is 7.04. The zero-order valence-corrected chi connectivity index (χ0v) is 12.4. The minimum atomic E-state index is -0.225. The number of nitrogens with zero attached hydrogens (tertiary/aromatic N) is 1. The van der Waals surface area contributed by atoms with Crippen molar-refractivity contribution >= 4 is 0 Å². The Morgan fingerprint density at radius 1 is 1.22 bits per heavy atom. The van der Waals surface area contributed by atoms with Gasteiger partial charge in [0.2, 0.25) is 0 Å². The van der Waals surface area contributed by atoms with E-state index in [-0.39, 0.29) is 6.10 Å². The predicted octanol–water partition coefficient (Wildman–Crippen LogP) is 3.28. The topological polar surface area (TPSA) is 23.5 Å². The zero-order valence-electron chi connectivity index (χ0n) is 12.4. The minimum Gasteiger partial charge on any atom is -0.392 e. The third-order valence-electron chi connectivity index (χ3n) is 3.52. The Morgan fingerprint density at radius 2 is 1.89 bits per heavy atom. The van der Waals surface area contributed by atoms with Crippen LogP contribution in [0.15, 0.2) is 18.2 Å². The summed E-state index contributed by atoms with van der Waals surface area (Å²) < 4.78 is 0. The molecule has 102 valence electrons. The molecule has 0 aromatic heterocycles. The van der Waals surface area contributed by atoms with Gasteiger partial charge in [0.15, 0.2) is 0 Å². The molecule has 0 aliphatic rings. The van der Waals surface area contributed by atoms with E-state index in [9.17, 15) is 5.11 Å². The fourth-order valence-electron chi connectivity index (χ4n) is 2.05. The van der Waals surface area contributed by atoms with Gasteiger partial charge < -0.3 is 5.11 Å². The second-order valence-corrected chi connectivity index (χ2v) is 5.52. The van der Waals surface area contributed by atoms with Gasteiger partial charge in [0, 0.05) is 19.1 Å². The molecule has 0 saturated carbocycles. The molecule has 2 heteroatoms. The molecule has 1 N–H and O–H groups in total. The number of aliphatic hydroxyl groups excluding tert-OH is 1. The third kappa shape index (κ3) is 4.43. The van der Waals surface area contributed by atoms with Crippen LogP contribution in [-0.2, 0) is 6.54 Å². The Morgan fingerprint density at radius 3 is 2.44 bits per heavy atom. The van der Waals surface area contributed by atoms with Gasteiger partial charge in [-0.15, -0.1) is 0 Å². The maximum absolute atomic E-state index is 9.84. The van der Waals surface area contributed by atoms with Gasteiger partial charge >= 0.3 is 0 Å². The molecule has 0 aliphatic heterocycles. The molecule has 1 aromatic rings. The Balaban J connectivity index is 2.79. The van der Waals surface area contributed by atoms with Gasteiger partial charge in [-0.25, -0.2) is 0 Å². The van der Waals surface area contributed by atoms with Crippen LogP contribution in [0.5, 0.6) is 0 Å². The molecule has 2 nitrogen and oxygen atoms in total. The Labute approximate surface area is 112 Å². The minimum absolute atomic E-state index is 0.225. The molecule has 1 aromatic carbocycles. The van der Waals surface area contributed by atoms with E-state index in [4.69, 9.17) is 0 Å². The first-order chi connectivity index (χ1) is 8.43. The molecule has 1 unspecified atom stereocenters. The molecule has 0 amide bonds. The molecule has 0 bridgehead atoms.